The predicted molar refractivity (Wildman–Crippen MR) is 85.1 cm³/mol. The van der Waals surface area contributed by atoms with E-state index in [9.17, 15) is 4.79 Å². The van der Waals surface area contributed by atoms with Gasteiger partial charge in [0.05, 0.1) is 6.54 Å². The van der Waals surface area contributed by atoms with Crippen LogP contribution in [0.2, 0.25) is 0 Å². The molecule has 0 bridgehead atoms. The molecule has 0 heterocycles. The number of aryl methyl sites for hydroxylation is 1. The van der Waals surface area contributed by atoms with Crippen LogP contribution in [0.4, 0.5) is 0 Å². The number of benzene rings is 1. The van der Waals surface area contributed by atoms with E-state index in [0.29, 0.717) is 18.7 Å². The lowest BCUT2D eigenvalue weighted by molar-refractivity contribution is 0.0949. The van der Waals surface area contributed by atoms with E-state index in [2.05, 4.69) is 29.1 Å². The van der Waals surface area contributed by atoms with Gasteiger partial charge in [-0.05, 0) is 44.5 Å². The fraction of sp³-hybridized carbons (Fsp3) is 0.471. The van der Waals surface area contributed by atoms with E-state index in [-0.39, 0.29) is 5.91 Å². The van der Waals surface area contributed by atoms with Crippen molar-refractivity contribution in [2.45, 2.75) is 25.8 Å². The number of amides is 1. The topological polar surface area (TPSA) is 58.4 Å². The summed E-state index contributed by atoms with van der Waals surface area (Å²) < 4.78 is 0. The van der Waals surface area contributed by atoms with Gasteiger partial charge in [-0.25, -0.2) is 0 Å². The molecular weight excluding hydrogens is 262 g/mol. The molecule has 1 aliphatic rings. The monoisotopic (exact) mass is 285 g/mol. The van der Waals surface area contributed by atoms with Crippen molar-refractivity contribution in [2.75, 3.05) is 26.7 Å². The number of rotatable bonds is 5. The lowest BCUT2D eigenvalue weighted by Crippen LogP contribution is -2.34. The standard InChI is InChI=1S/C17H23N3O/c1-13-5-6-15(12-14(13)4-3-9-18)17(21)19-10-11-20(2)16-7-8-16/h5-6,12,16H,7-11,18H2,1-2H3,(H,19,21). The van der Waals surface area contributed by atoms with Crippen LogP contribution in [-0.2, 0) is 0 Å². The highest BCUT2D eigenvalue weighted by molar-refractivity contribution is 5.94. The second-order valence-corrected chi connectivity index (χ2v) is 5.50. The molecule has 3 N–H and O–H groups in total. The van der Waals surface area contributed by atoms with E-state index < -0.39 is 0 Å². The maximum Gasteiger partial charge on any atom is 0.251 e. The first-order valence-corrected chi connectivity index (χ1v) is 7.40. The van der Waals surface area contributed by atoms with Crippen molar-refractivity contribution < 1.29 is 4.79 Å². The minimum atomic E-state index is -0.0463. The molecule has 0 saturated heterocycles. The Morgan fingerprint density at radius 3 is 2.90 bits per heavy atom. The Bertz CT molecular complexity index is 567. The largest absolute Gasteiger partial charge is 0.351 e. The summed E-state index contributed by atoms with van der Waals surface area (Å²) in [6.07, 6.45) is 2.57. The van der Waals surface area contributed by atoms with Crippen molar-refractivity contribution in [2.24, 2.45) is 5.73 Å². The van der Waals surface area contributed by atoms with Crippen LogP contribution in [0.3, 0.4) is 0 Å². The second-order valence-electron chi connectivity index (χ2n) is 5.50. The third-order valence-corrected chi connectivity index (χ3v) is 3.75. The van der Waals surface area contributed by atoms with Gasteiger partial charge in [0.2, 0.25) is 0 Å². The van der Waals surface area contributed by atoms with Crippen molar-refractivity contribution in [3.63, 3.8) is 0 Å². The quantitative estimate of drug-likeness (QED) is 0.797. The molecular formula is C17H23N3O. The molecule has 2 rings (SSSR count). The van der Waals surface area contributed by atoms with Gasteiger partial charge in [-0.3, -0.25) is 4.79 Å². The minimum Gasteiger partial charge on any atom is -0.351 e. The highest BCUT2D eigenvalue weighted by Gasteiger charge is 2.25. The molecule has 4 heteroatoms. The molecule has 1 fully saturated rings. The van der Waals surface area contributed by atoms with Crippen molar-refractivity contribution in [1.82, 2.24) is 10.2 Å². The zero-order valence-corrected chi connectivity index (χ0v) is 12.8. The predicted octanol–water partition coefficient (Wildman–Crippen LogP) is 1.13. The first-order valence-electron chi connectivity index (χ1n) is 7.40. The molecule has 1 amide bonds. The fourth-order valence-corrected chi connectivity index (χ4v) is 2.19. The Morgan fingerprint density at radius 1 is 1.48 bits per heavy atom. The molecule has 112 valence electrons. The van der Waals surface area contributed by atoms with Gasteiger partial charge < -0.3 is 16.0 Å². The van der Waals surface area contributed by atoms with Gasteiger partial charge in [-0.1, -0.05) is 17.9 Å². The van der Waals surface area contributed by atoms with Gasteiger partial charge in [0.25, 0.3) is 5.91 Å². The number of nitrogens with one attached hydrogen (secondary N) is 1. The number of nitrogens with zero attached hydrogens (tertiary/aromatic N) is 1. The molecule has 0 unspecified atom stereocenters. The molecule has 0 aromatic heterocycles. The normalized spacial score (nSPS) is 13.7. The third-order valence-electron chi connectivity index (χ3n) is 3.75. The van der Waals surface area contributed by atoms with Crippen LogP contribution in [-0.4, -0.2) is 43.5 Å². The lowest BCUT2D eigenvalue weighted by atomic mass is 10.0. The average molecular weight is 285 g/mol. The first kappa shape index (κ1) is 15.6. The van der Waals surface area contributed by atoms with Crippen LogP contribution in [0.25, 0.3) is 0 Å². The summed E-state index contributed by atoms with van der Waals surface area (Å²) in [6, 6.07) is 6.31. The minimum absolute atomic E-state index is 0.0463. The molecule has 4 nitrogen and oxygen atoms in total. The third kappa shape index (κ3) is 4.59. The number of hydrogen-bond acceptors (Lipinski definition) is 3. The van der Waals surface area contributed by atoms with E-state index in [1.54, 1.807) is 0 Å². The van der Waals surface area contributed by atoms with E-state index in [4.69, 9.17) is 5.73 Å². The summed E-state index contributed by atoms with van der Waals surface area (Å²) in [5.41, 5.74) is 7.96. The first-order chi connectivity index (χ1) is 10.1. The summed E-state index contributed by atoms with van der Waals surface area (Å²) in [6.45, 7) is 3.86. The van der Waals surface area contributed by atoms with Crippen LogP contribution in [0, 0.1) is 18.8 Å². The van der Waals surface area contributed by atoms with Gasteiger partial charge >= 0.3 is 0 Å². The molecule has 1 aliphatic carbocycles. The average Bonchev–Trinajstić information content (AvgIpc) is 3.30. The van der Waals surface area contributed by atoms with E-state index in [1.807, 2.05) is 25.1 Å². The molecule has 0 atom stereocenters. The van der Waals surface area contributed by atoms with Crippen LogP contribution < -0.4 is 11.1 Å². The van der Waals surface area contributed by atoms with Gasteiger partial charge in [-0.2, -0.15) is 0 Å². The summed E-state index contributed by atoms with van der Waals surface area (Å²) >= 11 is 0. The van der Waals surface area contributed by atoms with Crippen LogP contribution in [0.1, 0.15) is 34.3 Å². The van der Waals surface area contributed by atoms with E-state index >= 15 is 0 Å². The van der Waals surface area contributed by atoms with Crippen molar-refractivity contribution >= 4 is 5.91 Å². The van der Waals surface area contributed by atoms with E-state index in [1.165, 1.54) is 12.8 Å². The van der Waals surface area contributed by atoms with Crippen molar-refractivity contribution in [3.8, 4) is 11.8 Å². The Morgan fingerprint density at radius 2 is 2.24 bits per heavy atom. The number of hydrogen-bond donors (Lipinski definition) is 2. The van der Waals surface area contributed by atoms with Crippen molar-refractivity contribution in [3.05, 3.63) is 34.9 Å². The smallest absolute Gasteiger partial charge is 0.251 e. The highest BCUT2D eigenvalue weighted by Crippen LogP contribution is 2.24. The summed E-state index contributed by atoms with van der Waals surface area (Å²) in [4.78, 5) is 14.4. The number of carbonyl (C=O) groups excluding carboxylic acids is 1. The molecule has 1 aromatic carbocycles. The van der Waals surface area contributed by atoms with Crippen molar-refractivity contribution in [1.29, 1.82) is 0 Å². The molecule has 1 saturated carbocycles. The Kier molecular flexibility index (Phi) is 5.38. The van der Waals surface area contributed by atoms with E-state index in [0.717, 1.165) is 23.7 Å². The molecule has 21 heavy (non-hydrogen) atoms. The second kappa shape index (κ2) is 7.26. The van der Waals surface area contributed by atoms with Crippen LogP contribution >= 0.6 is 0 Å². The molecule has 1 aromatic rings. The Hall–Kier alpha value is -1.83. The SMILES string of the molecule is Cc1ccc(C(=O)NCCN(C)C2CC2)cc1C#CCN. The van der Waals surface area contributed by atoms with Gasteiger partial charge in [0, 0.05) is 30.3 Å². The molecule has 0 radical (unpaired) electrons. The summed E-state index contributed by atoms with van der Waals surface area (Å²) in [7, 11) is 2.11. The lowest BCUT2D eigenvalue weighted by Gasteiger charge is -2.15. The Labute approximate surface area is 126 Å². The van der Waals surface area contributed by atoms with Gasteiger partial charge in [0.15, 0.2) is 0 Å². The fourth-order valence-electron chi connectivity index (χ4n) is 2.19. The van der Waals surface area contributed by atoms with Crippen LogP contribution in [0.15, 0.2) is 18.2 Å². The zero-order valence-electron chi connectivity index (χ0n) is 12.8. The summed E-state index contributed by atoms with van der Waals surface area (Å²) in [5.74, 6) is 5.78. The maximum absolute atomic E-state index is 12.1. The van der Waals surface area contributed by atoms with Crippen LogP contribution in [0.5, 0.6) is 0 Å². The number of likely N-dealkylation sites (N-methyl/N-ethyl adjacent to an activating group) is 1. The molecule has 0 spiro atoms. The summed E-state index contributed by atoms with van der Waals surface area (Å²) in [5, 5.41) is 2.96. The number of nitrogens with two attached hydrogens (primary N) is 1. The van der Waals surface area contributed by atoms with Gasteiger partial charge in [0.1, 0.15) is 0 Å². The Balaban J connectivity index is 1.92. The van der Waals surface area contributed by atoms with Gasteiger partial charge in [-0.15, -0.1) is 0 Å². The highest BCUT2D eigenvalue weighted by atomic mass is 16.1. The zero-order chi connectivity index (χ0) is 15.2. The maximum atomic E-state index is 12.1. The molecule has 0 aliphatic heterocycles. The number of carbonyl (C=O) groups is 1.